The van der Waals surface area contributed by atoms with Crippen LogP contribution in [0.2, 0.25) is 0 Å². The number of rotatable bonds is 2. The number of nitrogens with one attached hydrogen (secondary N) is 1. The Morgan fingerprint density at radius 3 is 3.20 bits per heavy atom. The van der Waals surface area contributed by atoms with Gasteiger partial charge in [-0.1, -0.05) is 6.92 Å². The highest BCUT2D eigenvalue weighted by molar-refractivity contribution is 6.02. The summed E-state index contributed by atoms with van der Waals surface area (Å²) in [4.78, 5) is 7.52. The van der Waals surface area contributed by atoms with Gasteiger partial charge in [0.15, 0.2) is 0 Å². The second-order valence-corrected chi connectivity index (χ2v) is 3.81. The molecule has 3 aromatic heterocycles. The highest BCUT2D eigenvalue weighted by Gasteiger charge is 2.06. The van der Waals surface area contributed by atoms with Gasteiger partial charge in [0.05, 0.1) is 5.52 Å². The summed E-state index contributed by atoms with van der Waals surface area (Å²) in [7, 11) is 0. The molecule has 0 atom stereocenters. The van der Waals surface area contributed by atoms with E-state index in [2.05, 4.69) is 39.8 Å². The van der Waals surface area contributed by atoms with Crippen molar-refractivity contribution in [2.75, 3.05) is 0 Å². The number of nitrogens with zero attached hydrogens (tertiary/aromatic N) is 2. The van der Waals surface area contributed by atoms with E-state index in [1.54, 1.807) is 0 Å². The van der Waals surface area contributed by atoms with Gasteiger partial charge < -0.3 is 9.55 Å². The number of pyridine rings is 1. The molecule has 0 saturated carbocycles. The van der Waals surface area contributed by atoms with Crippen molar-refractivity contribution in [3.8, 4) is 0 Å². The smallest absolute Gasteiger partial charge is 0.139 e. The zero-order valence-corrected chi connectivity index (χ0v) is 8.70. The molecule has 0 aromatic carbocycles. The Kier molecular flexibility index (Phi) is 1.78. The van der Waals surface area contributed by atoms with Crippen molar-refractivity contribution in [2.45, 2.75) is 19.9 Å². The van der Waals surface area contributed by atoms with Crippen molar-refractivity contribution in [2.24, 2.45) is 0 Å². The quantitative estimate of drug-likeness (QED) is 0.676. The van der Waals surface area contributed by atoms with Crippen molar-refractivity contribution < 1.29 is 0 Å². The first-order valence-corrected chi connectivity index (χ1v) is 5.31. The molecule has 3 rings (SSSR count). The summed E-state index contributed by atoms with van der Waals surface area (Å²) in [5, 5.41) is 2.43. The number of H-pyrrole nitrogens is 1. The first kappa shape index (κ1) is 8.53. The fourth-order valence-corrected chi connectivity index (χ4v) is 2.12. The number of hydrogen-bond donors (Lipinski definition) is 1. The van der Waals surface area contributed by atoms with Crippen molar-refractivity contribution in [3.05, 3.63) is 30.7 Å². The molecule has 0 fully saturated rings. The molecular weight excluding hydrogens is 186 g/mol. The molecule has 0 saturated heterocycles. The molecule has 0 spiro atoms. The molecule has 3 nitrogen and oxygen atoms in total. The van der Waals surface area contributed by atoms with Crippen LogP contribution in [0.5, 0.6) is 0 Å². The van der Waals surface area contributed by atoms with Gasteiger partial charge in [0, 0.05) is 35.9 Å². The van der Waals surface area contributed by atoms with Gasteiger partial charge in [0.25, 0.3) is 0 Å². The van der Waals surface area contributed by atoms with Gasteiger partial charge in [-0.25, -0.2) is 4.98 Å². The molecule has 1 N–H and O–H groups in total. The third kappa shape index (κ3) is 1.16. The predicted molar refractivity (Wildman–Crippen MR) is 61.9 cm³/mol. The lowest BCUT2D eigenvalue weighted by Crippen LogP contribution is -1.94. The molecule has 0 radical (unpaired) electrons. The largest absolute Gasteiger partial charge is 0.347 e. The van der Waals surface area contributed by atoms with E-state index in [1.165, 1.54) is 16.3 Å². The van der Waals surface area contributed by atoms with Crippen LogP contribution < -0.4 is 0 Å². The lowest BCUT2D eigenvalue weighted by atomic mass is 10.2. The topological polar surface area (TPSA) is 33.6 Å². The van der Waals surface area contributed by atoms with E-state index in [1.807, 2.05) is 12.4 Å². The van der Waals surface area contributed by atoms with E-state index in [0.29, 0.717) is 0 Å². The van der Waals surface area contributed by atoms with Crippen LogP contribution in [0.1, 0.15) is 13.3 Å². The van der Waals surface area contributed by atoms with E-state index in [9.17, 15) is 0 Å². The van der Waals surface area contributed by atoms with E-state index in [0.717, 1.165) is 18.6 Å². The summed E-state index contributed by atoms with van der Waals surface area (Å²) in [5.74, 6) is 0. The lowest BCUT2D eigenvalue weighted by Gasteiger charge is -2.03. The molecule has 0 aliphatic carbocycles. The number of hydrogen-bond acceptors (Lipinski definition) is 1. The van der Waals surface area contributed by atoms with Crippen molar-refractivity contribution in [3.63, 3.8) is 0 Å². The molecular formula is C12H13N3. The van der Waals surface area contributed by atoms with Crippen LogP contribution in [0.25, 0.3) is 21.9 Å². The van der Waals surface area contributed by atoms with Crippen molar-refractivity contribution in [1.29, 1.82) is 0 Å². The normalized spacial score (nSPS) is 11.5. The zero-order valence-electron chi connectivity index (χ0n) is 8.70. The van der Waals surface area contributed by atoms with Gasteiger partial charge in [0.2, 0.25) is 0 Å². The second kappa shape index (κ2) is 3.12. The van der Waals surface area contributed by atoms with Crippen LogP contribution in [0.4, 0.5) is 0 Å². The SMILES string of the molecule is CCCn1ccc2cnc3[nH]ccc3c21. The van der Waals surface area contributed by atoms with Gasteiger partial charge >= 0.3 is 0 Å². The lowest BCUT2D eigenvalue weighted by molar-refractivity contribution is 0.705. The van der Waals surface area contributed by atoms with E-state index in [4.69, 9.17) is 0 Å². The Hall–Kier alpha value is -1.77. The first-order chi connectivity index (χ1) is 7.40. The third-order valence-corrected chi connectivity index (χ3v) is 2.77. The van der Waals surface area contributed by atoms with Crippen LogP contribution in [0, 0.1) is 0 Å². The van der Waals surface area contributed by atoms with Crippen molar-refractivity contribution in [1.82, 2.24) is 14.5 Å². The summed E-state index contributed by atoms with van der Waals surface area (Å²) >= 11 is 0. The van der Waals surface area contributed by atoms with Gasteiger partial charge in [-0.2, -0.15) is 0 Å². The van der Waals surface area contributed by atoms with Gasteiger partial charge in [-0.05, 0) is 18.6 Å². The fraction of sp³-hybridized carbons (Fsp3) is 0.250. The summed E-state index contributed by atoms with van der Waals surface area (Å²) in [6.45, 7) is 3.26. The van der Waals surface area contributed by atoms with E-state index < -0.39 is 0 Å². The van der Waals surface area contributed by atoms with Crippen LogP contribution in [0.3, 0.4) is 0 Å². The highest BCUT2D eigenvalue weighted by atomic mass is 15.0. The molecule has 3 heterocycles. The molecule has 0 unspecified atom stereocenters. The molecule has 0 bridgehead atoms. The summed E-state index contributed by atoms with van der Waals surface area (Å²) < 4.78 is 2.30. The maximum Gasteiger partial charge on any atom is 0.139 e. The first-order valence-electron chi connectivity index (χ1n) is 5.31. The Balaban J connectivity index is 2.41. The van der Waals surface area contributed by atoms with Gasteiger partial charge in [0.1, 0.15) is 5.65 Å². The number of fused-ring (bicyclic) bond motifs is 3. The number of aromatic amines is 1. The monoisotopic (exact) mass is 199 g/mol. The van der Waals surface area contributed by atoms with Crippen LogP contribution >= 0.6 is 0 Å². The van der Waals surface area contributed by atoms with E-state index in [-0.39, 0.29) is 0 Å². The Morgan fingerprint density at radius 2 is 2.33 bits per heavy atom. The third-order valence-electron chi connectivity index (χ3n) is 2.77. The average molecular weight is 199 g/mol. The zero-order chi connectivity index (χ0) is 10.3. The summed E-state index contributed by atoms with van der Waals surface area (Å²) in [6, 6.07) is 4.22. The average Bonchev–Trinajstić information content (AvgIpc) is 2.83. The van der Waals surface area contributed by atoms with Gasteiger partial charge in [-0.15, -0.1) is 0 Å². The van der Waals surface area contributed by atoms with Crippen LogP contribution in [-0.2, 0) is 6.54 Å². The number of aromatic nitrogens is 3. The maximum absolute atomic E-state index is 4.37. The van der Waals surface area contributed by atoms with Gasteiger partial charge in [-0.3, -0.25) is 0 Å². The van der Waals surface area contributed by atoms with Crippen LogP contribution in [0.15, 0.2) is 30.7 Å². The fourth-order valence-electron chi connectivity index (χ4n) is 2.12. The Morgan fingerprint density at radius 1 is 1.40 bits per heavy atom. The molecule has 0 aliphatic heterocycles. The second-order valence-electron chi connectivity index (χ2n) is 3.81. The standard InChI is InChI=1S/C12H13N3/c1-2-6-15-7-4-9-8-14-12-10(11(9)15)3-5-13-12/h3-5,7-8H,2,6H2,1H3,(H,13,14). The molecule has 76 valence electrons. The summed E-state index contributed by atoms with van der Waals surface area (Å²) in [6.07, 6.45) is 7.17. The minimum atomic E-state index is 0.971. The number of aryl methyl sites for hydroxylation is 1. The molecule has 3 aromatic rings. The summed E-state index contributed by atoms with van der Waals surface area (Å²) in [5.41, 5.74) is 2.27. The van der Waals surface area contributed by atoms with Crippen molar-refractivity contribution >= 4 is 21.9 Å². The van der Waals surface area contributed by atoms with Crippen LogP contribution in [-0.4, -0.2) is 14.5 Å². The minimum absolute atomic E-state index is 0.971. The predicted octanol–water partition coefficient (Wildman–Crippen LogP) is 2.93. The Bertz CT molecular complexity index is 603. The highest BCUT2D eigenvalue weighted by Crippen LogP contribution is 2.23. The maximum atomic E-state index is 4.37. The molecule has 15 heavy (non-hydrogen) atoms. The minimum Gasteiger partial charge on any atom is -0.347 e. The molecule has 0 amide bonds. The van der Waals surface area contributed by atoms with E-state index >= 15 is 0 Å². The molecule has 0 aliphatic rings. The Labute approximate surface area is 87.7 Å². The molecule has 3 heteroatoms.